The lowest BCUT2D eigenvalue weighted by Crippen LogP contribution is -2.37. The molecule has 0 saturated heterocycles. The van der Waals surface area contributed by atoms with Crippen LogP contribution in [0, 0.1) is 0 Å². The molecule has 1 aliphatic rings. The fourth-order valence-corrected chi connectivity index (χ4v) is 3.40. The molecule has 2 heteroatoms. The van der Waals surface area contributed by atoms with Crippen LogP contribution < -0.4 is 0 Å². The summed E-state index contributed by atoms with van der Waals surface area (Å²) in [7, 11) is 2.23. The van der Waals surface area contributed by atoms with Crippen LogP contribution in [0.25, 0.3) is 0 Å². The first-order valence-electron chi connectivity index (χ1n) is 9.95. The minimum atomic E-state index is 0.627. The molecule has 0 aromatic rings. The lowest BCUT2D eigenvalue weighted by atomic mass is 10.1. The van der Waals surface area contributed by atoms with E-state index in [-0.39, 0.29) is 0 Å². The summed E-state index contributed by atoms with van der Waals surface area (Å²) in [5.41, 5.74) is 0. The Kier molecular flexibility index (Phi) is 11.3. The van der Waals surface area contributed by atoms with Crippen molar-refractivity contribution in [1.82, 2.24) is 9.80 Å². The number of hydrogen-bond acceptors (Lipinski definition) is 2. The second kappa shape index (κ2) is 12.8. The van der Waals surface area contributed by atoms with Gasteiger partial charge in [0.2, 0.25) is 0 Å². The van der Waals surface area contributed by atoms with E-state index in [0.717, 1.165) is 0 Å². The Morgan fingerprint density at radius 3 is 1.86 bits per heavy atom. The topological polar surface area (TPSA) is 6.48 Å². The largest absolute Gasteiger partial charge is 0.359 e. The van der Waals surface area contributed by atoms with Crippen LogP contribution in [-0.2, 0) is 0 Å². The van der Waals surface area contributed by atoms with Crippen LogP contribution in [-0.4, -0.2) is 29.6 Å². The molecule has 0 spiro atoms. The monoisotopic (exact) mass is 308 g/mol. The molecular weight excluding hydrogens is 268 g/mol. The highest BCUT2D eigenvalue weighted by molar-refractivity contribution is 4.95. The lowest BCUT2D eigenvalue weighted by Gasteiger charge is -2.30. The number of unbranched alkanes of at least 4 members (excludes halogenated alkanes) is 10. The van der Waals surface area contributed by atoms with Crippen LogP contribution in [0.3, 0.4) is 0 Å². The average molecular weight is 309 g/mol. The molecule has 130 valence electrons. The Morgan fingerprint density at radius 2 is 1.23 bits per heavy atom. The van der Waals surface area contributed by atoms with E-state index in [1.807, 2.05) is 0 Å². The SMILES string of the molecule is CCCCCCCCCCC1N(C)C=CN1CCCCCC. The van der Waals surface area contributed by atoms with Crippen molar-refractivity contribution in [3.63, 3.8) is 0 Å². The number of nitrogens with zero attached hydrogens (tertiary/aromatic N) is 2. The summed E-state index contributed by atoms with van der Waals surface area (Å²) in [6.07, 6.45) is 23.3. The summed E-state index contributed by atoms with van der Waals surface area (Å²) in [4.78, 5) is 4.97. The van der Waals surface area contributed by atoms with Crippen LogP contribution in [0.1, 0.15) is 97.3 Å². The molecule has 0 amide bonds. The fraction of sp³-hybridized carbons (Fsp3) is 0.900. The Balaban J connectivity index is 2.06. The average Bonchev–Trinajstić information content (AvgIpc) is 2.87. The van der Waals surface area contributed by atoms with Gasteiger partial charge in [0.25, 0.3) is 0 Å². The van der Waals surface area contributed by atoms with Gasteiger partial charge in [0.1, 0.15) is 6.17 Å². The summed E-state index contributed by atoms with van der Waals surface area (Å²) < 4.78 is 0. The van der Waals surface area contributed by atoms with Gasteiger partial charge in [0.15, 0.2) is 0 Å². The van der Waals surface area contributed by atoms with Gasteiger partial charge in [-0.25, -0.2) is 0 Å². The lowest BCUT2D eigenvalue weighted by molar-refractivity contribution is 0.159. The van der Waals surface area contributed by atoms with E-state index in [9.17, 15) is 0 Å². The maximum absolute atomic E-state index is 2.57. The quantitative estimate of drug-likeness (QED) is 0.355. The number of hydrogen-bond donors (Lipinski definition) is 0. The second-order valence-corrected chi connectivity index (χ2v) is 7.01. The van der Waals surface area contributed by atoms with Crippen LogP contribution in [0.2, 0.25) is 0 Å². The molecule has 0 aliphatic carbocycles. The molecule has 0 bridgehead atoms. The van der Waals surface area contributed by atoms with Gasteiger partial charge in [-0.1, -0.05) is 78.1 Å². The molecule has 1 aliphatic heterocycles. The van der Waals surface area contributed by atoms with Gasteiger partial charge in [-0.15, -0.1) is 0 Å². The standard InChI is InChI=1S/C20H40N2/c1-4-6-8-10-11-12-13-14-16-20-21(3)18-19-22(20)17-15-9-7-5-2/h18-20H,4-17H2,1-3H3. The molecule has 1 rings (SSSR count). The fourth-order valence-electron chi connectivity index (χ4n) is 3.40. The molecule has 0 fully saturated rings. The van der Waals surface area contributed by atoms with Gasteiger partial charge in [0.05, 0.1) is 0 Å². The minimum Gasteiger partial charge on any atom is -0.359 e. The van der Waals surface area contributed by atoms with Crippen molar-refractivity contribution in [2.75, 3.05) is 13.6 Å². The maximum Gasteiger partial charge on any atom is 0.100 e. The third kappa shape index (κ3) is 8.10. The molecule has 1 unspecified atom stereocenters. The van der Waals surface area contributed by atoms with Crippen LogP contribution >= 0.6 is 0 Å². The molecule has 2 nitrogen and oxygen atoms in total. The summed E-state index contributed by atoms with van der Waals surface area (Å²) in [5, 5.41) is 0. The van der Waals surface area contributed by atoms with E-state index in [2.05, 4.69) is 43.1 Å². The highest BCUT2D eigenvalue weighted by atomic mass is 15.4. The molecule has 0 N–H and O–H groups in total. The number of rotatable bonds is 14. The van der Waals surface area contributed by atoms with Gasteiger partial charge in [-0.3, -0.25) is 0 Å². The van der Waals surface area contributed by atoms with Crippen molar-refractivity contribution in [2.24, 2.45) is 0 Å². The van der Waals surface area contributed by atoms with Crippen molar-refractivity contribution in [2.45, 2.75) is 103 Å². The first kappa shape index (κ1) is 19.4. The summed E-state index contributed by atoms with van der Waals surface area (Å²) in [6.45, 7) is 5.82. The van der Waals surface area contributed by atoms with Gasteiger partial charge < -0.3 is 9.80 Å². The predicted molar refractivity (Wildman–Crippen MR) is 98.8 cm³/mol. The van der Waals surface area contributed by atoms with E-state index in [1.54, 1.807) is 0 Å². The van der Waals surface area contributed by atoms with Crippen molar-refractivity contribution in [3.05, 3.63) is 12.4 Å². The molecule has 0 aromatic carbocycles. The highest BCUT2D eigenvalue weighted by Crippen LogP contribution is 2.21. The van der Waals surface area contributed by atoms with Crippen molar-refractivity contribution in [3.8, 4) is 0 Å². The van der Waals surface area contributed by atoms with E-state index >= 15 is 0 Å². The predicted octanol–water partition coefficient (Wildman–Crippen LogP) is 6.14. The van der Waals surface area contributed by atoms with Gasteiger partial charge >= 0.3 is 0 Å². The second-order valence-electron chi connectivity index (χ2n) is 7.01. The minimum absolute atomic E-state index is 0.627. The zero-order valence-corrected chi connectivity index (χ0v) is 15.5. The maximum atomic E-state index is 2.57. The normalized spacial score (nSPS) is 17.7. The Morgan fingerprint density at radius 1 is 0.682 bits per heavy atom. The molecule has 1 atom stereocenters. The van der Waals surface area contributed by atoms with Gasteiger partial charge in [-0.05, 0) is 19.3 Å². The summed E-state index contributed by atoms with van der Waals surface area (Å²) in [5.74, 6) is 0. The van der Waals surface area contributed by atoms with E-state index in [1.165, 1.54) is 90.0 Å². The van der Waals surface area contributed by atoms with Crippen molar-refractivity contribution < 1.29 is 0 Å². The summed E-state index contributed by atoms with van der Waals surface area (Å²) >= 11 is 0. The van der Waals surface area contributed by atoms with Crippen molar-refractivity contribution >= 4 is 0 Å². The van der Waals surface area contributed by atoms with E-state index in [4.69, 9.17) is 0 Å². The van der Waals surface area contributed by atoms with Gasteiger partial charge in [-0.2, -0.15) is 0 Å². The summed E-state index contributed by atoms with van der Waals surface area (Å²) in [6, 6.07) is 0. The smallest absolute Gasteiger partial charge is 0.100 e. The molecule has 0 aromatic heterocycles. The first-order chi connectivity index (χ1) is 10.8. The third-order valence-corrected chi connectivity index (χ3v) is 4.93. The van der Waals surface area contributed by atoms with Crippen LogP contribution in [0.5, 0.6) is 0 Å². The molecule has 1 heterocycles. The van der Waals surface area contributed by atoms with Crippen molar-refractivity contribution in [1.29, 1.82) is 0 Å². The third-order valence-electron chi connectivity index (χ3n) is 4.93. The van der Waals surface area contributed by atoms with E-state index < -0.39 is 0 Å². The zero-order valence-electron chi connectivity index (χ0n) is 15.5. The molecule has 0 saturated carbocycles. The van der Waals surface area contributed by atoms with Crippen LogP contribution in [0.15, 0.2) is 12.4 Å². The Bertz CT molecular complexity index is 275. The first-order valence-corrected chi connectivity index (χ1v) is 9.95. The zero-order chi connectivity index (χ0) is 16.0. The highest BCUT2D eigenvalue weighted by Gasteiger charge is 2.22. The van der Waals surface area contributed by atoms with Crippen LogP contribution in [0.4, 0.5) is 0 Å². The molecular formula is C20H40N2. The molecule has 0 radical (unpaired) electrons. The Hall–Kier alpha value is -0.660. The Labute approximate surface area is 139 Å². The van der Waals surface area contributed by atoms with Gasteiger partial charge in [0, 0.05) is 26.0 Å². The van der Waals surface area contributed by atoms with E-state index in [0.29, 0.717) is 6.17 Å². The molecule has 22 heavy (non-hydrogen) atoms.